The molecule has 0 aromatic heterocycles. The van der Waals surface area contributed by atoms with Gasteiger partial charge in [0, 0.05) is 0 Å². The first-order chi connectivity index (χ1) is 17.8. The van der Waals surface area contributed by atoms with Crippen molar-refractivity contribution in [3.8, 4) is 0 Å². The Morgan fingerprint density at radius 2 is 0.889 bits per heavy atom. The lowest BCUT2D eigenvalue weighted by Crippen LogP contribution is -2.05. The van der Waals surface area contributed by atoms with Crippen molar-refractivity contribution in [2.24, 2.45) is 5.92 Å². The first kappa shape index (κ1) is 34.2. The van der Waals surface area contributed by atoms with Gasteiger partial charge >= 0.3 is 0 Å². The Labute approximate surface area is 231 Å². The van der Waals surface area contributed by atoms with Crippen LogP contribution < -0.4 is 0 Å². The third-order valence-corrected chi connectivity index (χ3v) is 11.5. The number of unbranched alkanes of at least 4 members (excludes halogenated alkanes) is 18. The maximum absolute atomic E-state index is 2.85. The zero-order valence-corrected chi connectivity index (χ0v) is 26.5. The second-order valence-corrected chi connectivity index (χ2v) is 14.7. The zero-order valence-electron chi connectivity index (χ0n) is 25.6. The minimum absolute atomic E-state index is 0.137. The standard InChI is InChI=1S/C35H69P/c1-4-7-9-11-13-15-17-19-21-26-31-36(32-27-22-20-18-16-14-12-10-8-5-2)35(28-6-3)33-34-29-24-23-25-30-34/h33-34H,4-32H2,1-3H3/b35-33+. The minimum Gasteiger partial charge on any atom is -0.0801 e. The third-order valence-electron chi connectivity index (χ3n) is 8.55. The fraction of sp³-hybridized carbons (Fsp3) is 0.943. The largest absolute Gasteiger partial charge is 0.0801 e. The van der Waals surface area contributed by atoms with E-state index in [1.165, 1.54) is 173 Å². The molecule has 0 aliphatic heterocycles. The van der Waals surface area contributed by atoms with E-state index in [9.17, 15) is 0 Å². The van der Waals surface area contributed by atoms with E-state index in [4.69, 9.17) is 0 Å². The number of hydrogen-bond acceptors (Lipinski definition) is 0. The van der Waals surface area contributed by atoms with Crippen molar-refractivity contribution in [1.82, 2.24) is 0 Å². The van der Waals surface area contributed by atoms with Gasteiger partial charge in [-0.25, -0.2) is 0 Å². The predicted octanol–water partition coefficient (Wildman–Crippen LogP) is 13.6. The predicted molar refractivity (Wildman–Crippen MR) is 170 cm³/mol. The number of allylic oxidation sites excluding steroid dienone is 2. The Morgan fingerprint density at radius 3 is 1.28 bits per heavy atom. The summed E-state index contributed by atoms with van der Waals surface area (Å²) in [6.07, 6.45) is 45.5. The number of rotatable bonds is 26. The second kappa shape index (κ2) is 26.8. The maximum Gasteiger partial charge on any atom is -0.0227 e. The molecule has 0 radical (unpaired) electrons. The van der Waals surface area contributed by atoms with Crippen molar-refractivity contribution < 1.29 is 0 Å². The van der Waals surface area contributed by atoms with Crippen LogP contribution in [0.5, 0.6) is 0 Å². The molecule has 0 spiro atoms. The summed E-state index contributed by atoms with van der Waals surface area (Å²) in [6, 6.07) is 0. The molecule has 0 amide bonds. The van der Waals surface area contributed by atoms with Crippen LogP contribution in [-0.4, -0.2) is 12.3 Å². The van der Waals surface area contributed by atoms with Gasteiger partial charge in [-0.15, -0.1) is 0 Å². The highest BCUT2D eigenvalue weighted by Crippen LogP contribution is 2.50. The van der Waals surface area contributed by atoms with Crippen molar-refractivity contribution in [3.05, 3.63) is 11.4 Å². The molecule has 214 valence electrons. The molecule has 0 heterocycles. The highest BCUT2D eigenvalue weighted by molar-refractivity contribution is 7.62. The summed E-state index contributed by atoms with van der Waals surface area (Å²) in [6.45, 7) is 7.06. The summed E-state index contributed by atoms with van der Waals surface area (Å²) >= 11 is 0. The van der Waals surface area contributed by atoms with Crippen LogP contribution in [0.3, 0.4) is 0 Å². The molecule has 0 aromatic carbocycles. The van der Waals surface area contributed by atoms with Crippen LogP contribution >= 0.6 is 7.92 Å². The van der Waals surface area contributed by atoms with Crippen LogP contribution in [0, 0.1) is 5.92 Å². The summed E-state index contributed by atoms with van der Waals surface area (Å²) in [5.74, 6) is 0.922. The molecule has 0 saturated heterocycles. The Balaban J connectivity index is 2.37. The van der Waals surface area contributed by atoms with Crippen molar-refractivity contribution in [3.63, 3.8) is 0 Å². The lowest BCUT2D eigenvalue weighted by atomic mass is 9.89. The average molecular weight is 521 g/mol. The molecule has 1 fully saturated rings. The Morgan fingerprint density at radius 1 is 0.500 bits per heavy atom. The van der Waals surface area contributed by atoms with E-state index in [-0.39, 0.29) is 7.92 Å². The molecule has 0 nitrogen and oxygen atoms in total. The Hall–Kier alpha value is 0.170. The lowest BCUT2D eigenvalue weighted by molar-refractivity contribution is 0.418. The van der Waals surface area contributed by atoms with E-state index < -0.39 is 0 Å². The summed E-state index contributed by atoms with van der Waals surface area (Å²) in [5.41, 5.74) is 0. The maximum atomic E-state index is 2.85. The summed E-state index contributed by atoms with van der Waals surface area (Å²) in [7, 11) is 0.137. The molecule has 0 N–H and O–H groups in total. The van der Waals surface area contributed by atoms with Gasteiger partial charge in [0.25, 0.3) is 0 Å². The molecule has 1 heteroatoms. The van der Waals surface area contributed by atoms with Gasteiger partial charge < -0.3 is 0 Å². The van der Waals surface area contributed by atoms with Gasteiger partial charge in [-0.3, -0.25) is 0 Å². The topological polar surface area (TPSA) is 0 Å². The van der Waals surface area contributed by atoms with E-state index >= 15 is 0 Å². The smallest absolute Gasteiger partial charge is 0.0227 e. The summed E-state index contributed by atoms with van der Waals surface area (Å²) in [4.78, 5) is 0. The van der Waals surface area contributed by atoms with Crippen LogP contribution in [-0.2, 0) is 0 Å². The van der Waals surface area contributed by atoms with Gasteiger partial charge in [0.05, 0.1) is 0 Å². The molecule has 36 heavy (non-hydrogen) atoms. The molecular weight excluding hydrogens is 451 g/mol. The van der Waals surface area contributed by atoms with Crippen molar-refractivity contribution >= 4 is 7.92 Å². The van der Waals surface area contributed by atoms with E-state index in [0.717, 1.165) is 5.92 Å². The van der Waals surface area contributed by atoms with Gasteiger partial charge in [0.2, 0.25) is 0 Å². The highest BCUT2D eigenvalue weighted by Gasteiger charge is 2.17. The van der Waals surface area contributed by atoms with Gasteiger partial charge in [-0.2, -0.15) is 0 Å². The van der Waals surface area contributed by atoms with E-state index in [1.54, 1.807) is 12.3 Å². The third kappa shape index (κ3) is 20.2. The molecule has 1 rings (SSSR count). The molecule has 1 saturated carbocycles. The normalized spacial score (nSPS) is 15.3. The Kier molecular flexibility index (Phi) is 25.4. The van der Waals surface area contributed by atoms with Crippen molar-refractivity contribution in [2.45, 2.75) is 194 Å². The van der Waals surface area contributed by atoms with Crippen LogP contribution in [0.1, 0.15) is 194 Å². The van der Waals surface area contributed by atoms with Crippen LogP contribution in [0.25, 0.3) is 0 Å². The number of hydrogen-bond donors (Lipinski definition) is 0. The van der Waals surface area contributed by atoms with Gasteiger partial charge in [-0.1, -0.05) is 176 Å². The first-order valence-electron chi connectivity index (χ1n) is 17.3. The van der Waals surface area contributed by atoms with Crippen LogP contribution in [0.2, 0.25) is 0 Å². The van der Waals surface area contributed by atoms with Crippen LogP contribution in [0.15, 0.2) is 11.4 Å². The van der Waals surface area contributed by atoms with E-state index in [1.807, 2.05) is 5.31 Å². The quantitative estimate of drug-likeness (QED) is 0.0785. The van der Waals surface area contributed by atoms with Gasteiger partial charge in [0.15, 0.2) is 0 Å². The minimum atomic E-state index is 0.137. The van der Waals surface area contributed by atoms with Crippen molar-refractivity contribution in [2.75, 3.05) is 12.3 Å². The molecule has 0 bridgehead atoms. The van der Waals surface area contributed by atoms with Crippen molar-refractivity contribution in [1.29, 1.82) is 0 Å². The first-order valence-corrected chi connectivity index (χ1v) is 19.0. The van der Waals surface area contributed by atoms with Gasteiger partial charge in [-0.05, 0) is 55.7 Å². The summed E-state index contributed by atoms with van der Waals surface area (Å²) in [5, 5.41) is 1.95. The second-order valence-electron chi connectivity index (χ2n) is 12.2. The molecule has 1 aliphatic rings. The fourth-order valence-electron chi connectivity index (χ4n) is 6.16. The molecule has 1 aliphatic carbocycles. The SMILES string of the molecule is CCCCCCCCCCCCP(CCCCCCCCCCCC)/C(=C/C1CCCCC1)CCC. The van der Waals surface area contributed by atoms with E-state index in [2.05, 4.69) is 26.8 Å². The molecule has 0 atom stereocenters. The molecule has 0 aromatic rings. The molecule has 0 unspecified atom stereocenters. The van der Waals surface area contributed by atoms with Gasteiger partial charge in [0.1, 0.15) is 0 Å². The fourth-order valence-corrected chi connectivity index (χ4v) is 9.13. The summed E-state index contributed by atoms with van der Waals surface area (Å²) < 4.78 is 0. The Bertz CT molecular complexity index is 437. The highest BCUT2D eigenvalue weighted by atomic mass is 31.1. The van der Waals surface area contributed by atoms with Crippen LogP contribution in [0.4, 0.5) is 0 Å². The zero-order chi connectivity index (χ0) is 25.9. The van der Waals surface area contributed by atoms with E-state index in [0.29, 0.717) is 0 Å². The average Bonchev–Trinajstić information content (AvgIpc) is 2.90. The monoisotopic (exact) mass is 521 g/mol. The molecular formula is C35H69P. The lowest BCUT2D eigenvalue weighted by Gasteiger charge is -2.25.